The molecule has 0 aliphatic carbocycles. The van der Waals surface area contributed by atoms with E-state index in [1.165, 1.54) is 10.8 Å². The van der Waals surface area contributed by atoms with Gasteiger partial charge in [-0.1, -0.05) is 78.9 Å². The number of rotatable bonds is 3. The van der Waals surface area contributed by atoms with Crippen molar-refractivity contribution in [3.8, 4) is 22.3 Å². The molecule has 0 amide bonds. The molecule has 2 N–H and O–H groups in total. The summed E-state index contributed by atoms with van der Waals surface area (Å²) in [6, 6.07) is 30.4. The Kier molecular flexibility index (Phi) is 4.10. The Morgan fingerprint density at radius 1 is 0.520 bits per heavy atom. The van der Waals surface area contributed by atoms with Gasteiger partial charge < -0.3 is 10.0 Å². The van der Waals surface area contributed by atoms with Gasteiger partial charge in [0, 0.05) is 0 Å². The van der Waals surface area contributed by atoms with Crippen molar-refractivity contribution in [3.63, 3.8) is 0 Å². The van der Waals surface area contributed by atoms with Gasteiger partial charge in [0.25, 0.3) is 0 Å². The lowest BCUT2D eigenvalue weighted by Crippen LogP contribution is -2.29. The summed E-state index contributed by atoms with van der Waals surface area (Å²) in [5.41, 5.74) is 5.00. The van der Waals surface area contributed by atoms with Crippen molar-refractivity contribution in [1.29, 1.82) is 0 Å². The maximum atomic E-state index is 9.31. The third kappa shape index (κ3) is 3.08. The van der Waals surface area contributed by atoms with Crippen LogP contribution in [0.15, 0.2) is 91.0 Å². The maximum absolute atomic E-state index is 9.31. The van der Waals surface area contributed by atoms with Gasteiger partial charge in [0.1, 0.15) is 0 Å². The molecular formula is C22H17BO2. The summed E-state index contributed by atoms with van der Waals surface area (Å²) >= 11 is 0. The zero-order valence-corrected chi connectivity index (χ0v) is 13.6. The Labute approximate surface area is 147 Å². The van der Waals surface area contributed by atoms with E-state index < -0.39 is 7.12 Å². The number of hydrogen-bond acceptors (Lipinski definition) is 2. The molecule has 0 aliphatic rings. The molecule has 120 valence electrons. The topological polar surface area (TPSA) is 40.5 Å². The first kappa shape index (κ1) is 15.6. The molecule has 0 aliphatic heterocycles. The molecular weight excluding hydrogens is 307 g/mol. The molecule has 0 heterocycles. The van der Waals surface area contributed by atoms with Crippen LogP contribution in [0.3, 0.4) is 0 Å². The van der Waals surface area contributed by atoms with Gasteiger partial charge in [-0.15, -0.1) is 0 Å². The standard InChI is InChI=1S/C22H17BO2/c24-23(25)20-12-10-17(11-13-20)22-15-19-9-5-4-8-18(19)14-21(22)16-6-2-1-3-7-16/h1-15,24-25H. The van der Waals surface area contributed by atoms with E-state index in [1.807, 2.05) is 42.5 Å². The van der Waals surface area contributed by atoms with Crippen molar-refractivity contribution in [2.75, 3.05) is 0 Å². The first-order chi connectivity index (χ1) is 12.2. The second kappa shape index (κ2) is 6.56. The summed E-state index contributed by atoms with van der Waals surface area (Å²) in [6.45, 7) is 0. The van der Waals surface area contributed by atoms with Gasteiger partial charge in [-0.25, -0.2) is 0 Å². The van der Waals surface area contributed by atoms with Crippen LogP contribution in [0.1, 0.15) is 0 Å². The van der Waals surface area contributed by atoms with Gasteiger partial charge in [0.15, 0.2) is 0 Å². The maximum Gasteiger partial charge on any atom is 0.488 e. The van der Waals surface area contributed by atoms with Crippen molar-refractivity contribution < 1.29 is 10.0 Å². The number of benzene rings is 4. The average Bonchev–Trinajstić information content (AvgIpc) is 2.68. The lowest BCUT2D eigenvalue weighted by molar-refractivity contribution is 0.426. The largest absolute Gasteiger partial charge is 0.488 e. The fourth-order valence-corrected chi connectivity index (χ4v) is 3.17. The molecule has 0 radical (unpaired) electrons. The molecule has 4 aromatic carbocycles. The molecule has 4 rings (SSSR count). The van der Waals surface area contributed by atoms with E-state index in [0.29, 0.717) is 5.46 Å². The summed E-state index contributed by atoms with van der Waals surface area (Å²) in [5, 5.41) is 21.0. The van der Waals surface area contributed by atoms with Crippen LogP contribution in [-0.2, 0) is 0 Å². The zero-order chi connectivity index (χ0) is 17.2. The minimum absolute atomic E-state index is 0.491. The van der Waals surface area contributed by atoms with E-state index in [0.717, 1.165) is 22.3 Å². The molecule has 3 heteroatoms. The highest BCUT2D eigenvalue weighted by Gasteiger charge is 2.13. The van der Waals surface area contributed by atoms with Crippen LogP contribution in [0.5, 0.6) is 0 Å². The quantitative estimate of drug-likeness (QED) is 0.562. The van der Waals surface area contributed by atoms with E-state index in [4.69, 9.17) is 0 Å². The van der Waals surface area contributed by atoms with E-state index in [9.17, 15) is 10.0 Å². The minimum Gasteiger partial charge on any atom is -0.423 e. The molecule has 0 unspecified atom stereocenters. The van der Waals surface area contributed by atoms with Crippen LogP contribution >= 0.6 is 0 Å². The average molecular weight is 324 g/mol. The molecule has 0 spiro atoms. The highest BCUT2D eigenvalue weighted by atomic mass is 16.4. The van der Waals surface area contributed by atoms with Crippen molar-refractivity contribution >= 4 is 23.4 Å². The zero-order valence-electron chi connectivity index (χ0n) is 13.6. The summed E-state index contributed by atoms with van der Waals surface area (Å²) in [6.07, 6.45) is 0. The first-order valence-corrected chi connectivity index (χ1v) is 8.27. The number of fused-ring (bicyclic) bond motifs is 1. The van der Waals surface area contributed by atoms with E-state index in [2.05, 4.69) is 36.4 Å². The molecule has 0 atom stereocenters. The minimum atomic E-state index is -1.45. The third-order valence-corrected chi connectivity index (χ3v) is 4.49. The lowest BCUT2D eigenvalue weighted by atomic mass is 9.79. The van der Waals surface area contributed by atoms with Crippen LogP contribution in [-0.4, -0.2) is 17.2 Å². The van der Waals surface area contributed by atoms with Crippen molar-refractivity contribution in [3.05, 3.63) is 91.0 Å². The Morgan fingerprint density at radius 2 is 1.00 bits per heavy atom. The molecule has 2 nitrogen and oxygen atoms in total. The Bertz CT molecular complexity index is 1010. The molecule has 0 aromatic heterocycles. The SMILES string of the molecule is OB(O)c1ccc(-c2cc3ccccc3cc2-c2ccccc2)cc1. The van der Waals surface area contributed by atoms with Gasteiger partial charge in [0.05, 0.1) is 0 Å². The summed E-state index contributed by atoms with van der Waals surface area (Å²) in [4.78, 5) is 0. The van der Waals surface area contributed by atoms with Crippen molar-refractivity contribution in [1.82, 2.24) is 0 Å². The Balaban J connectivity index is 1.94. The van der Waals surface area contributed by atoms with Gasteiger partial charge in [-0.2, -0.15) is 0 Å². The first-order valence-electron chi connectivity index (χ1n) is 8.27. The van der Waals surface area contributed by atoms with E-state index >= 15 is 0 Å². The summed E-state index contributed by atoms with van der Waals surface area (Å²) in [7, 11) is -1.45. The van der Waals surface area contributed by atoms with Gasteiger partial charge in [0.2, 0.25) is 0 Å². The monoisotopic (exact) mass is 324 g/mol. The van der Waals surface area contributed by atoms with Crippen LogP contribution in [0.4, 0.5) is 0 Å². The molecule has 4 aromatic rings. The smallest absolute Gasteiger partial charge is 0.423 e. The van der Waals surface area contributed by atoms with Crippen LogP contribution in [0, 0.1) is 0 Å². The number of hydrogen-bond donors (Lipinski definition) is 2. The molecule has 0 saturated heterocycles. The highest BCUT2D eigenvalue weighted by Crippen LogP contribution is 2.35. The normalized spacial score (nSPS) is 10.8. The van der Waals surface area contributed by atoms with E-state index in [1.54, 1.807) is 12.1 Å². The van der Waals surface area contributed by atoms with Crippen molar-refractivity contribution in [2.45, 2.75) is 0 Å². The second-order valence-electron chi connectivity index (χ2n) is 6.11. The van der Waals surface area contributed by atoms with Crippen LogP contribution < -0.4 is 5.46 Å². The predicted octanol–water partition coefficient (Wildman–Crippen LogP) is 3.85. The fraction of sp³-hybridized carbons (Fsp3) is 0. The van der Waals surface area contributed by atoms with Crippen molar-refractivity contribution in [2.24, 2.45) is 0 Å². The van der Waals surface area contributed by atoms with Gasteiger partial charge in [-0.3, -0.25) is 0 Å². The summed E-state index contributed by atoms with van der Waals surface area (Å²) in [5.74, 6) is 0. The van der Waals surface area contributed by atoms with Gasteiger partial charge in [-0.05, 0) is 50.6 Å². The Morgan fingerprint density at radius 3 is 1.52 bits per heavy atom. The van der Waals surface area contributed by atoms with Crippen LogP contribution in [0.25, 0.3) is 33.0 Å². The summed E-state index contributed by atoms with van der Waals surface area (Å²) < 4.78 is 0. The van der Waals surface area contributed by atoms with E-state index in [-0.39, 0.29) is 0 Å². The molecule has 25 heavy (non-hydrogen) atoms. The molecule has 0 saturated carbocycles. The van der Waals surface area contributed by atoms with Crippen LogP contribution in [0.2, 0.25) is 0 Å². The Hall–Kier alpha value is -2.88. The highest BCUT2D eigenvalue weighted by molar-refractivity contribution is 6.58. The molecule has 0 fully saturated rings. The van der Waals surface area contributed by atoms with Gasteiger partial charge >= 0.3 is 7.12 Å². The predicted molar refractivity (Wildman–Crippen MR) is 105 cm³/mol. The third-order valence-electron chi connectivity index (χ3n) is 4.49. The lowest BCUT2D eigenvalue weighted by Gasteiger charge is -2.13. The molecule has 0 bridgehead atoms. The fourth-order valence-electron chi connectivity index (χ4n) is 3.17. The second-order valence-corrected chi connectivity index (χ2v) is 6.11.